The lowest BCUT2D eigenvalue weighted by atomic mass is 10.1. The number of hydrogen-bond acceptors (Lipinski definition) is 3. The van der Waals surface area contributed by atoms with Crippen molar-refractivity contribution in [1.29, 1.82) is 0 Å². The SMILES string of the molecule is CCCCCCCC(=O)[O-].CC[N+](C)(CC)CCOC. The number of aliphatic carboxylic acids is 1. The van der Waals surface area contributed by atoms with E-state index in [1.807, 2.05) is 0 Å². The summed E-state index contributed by atoms with van der Waals surface area (Å²) >= 11 is 0. The number of hydrogen-bond donors (Lipinski definition) is 0. The van der Waals surface area contributed by atoms with Crippen LogP contribution >= 0.6 is 0 Å². The topological polar surface area (TPSA) is 49.4 Å². The van der Waals surface area contributed by atoms with Gasteiger partial charge in [-0.15, -0.1) is 0 Å². The minimum Gasteiger partial charge on any atom is -0.550 e. The molecule has 0 fully saturated rings. The third-order valence-electron chi connectivity index (χ3n) is 3.85. The van der Waals surface area contributed by atoms with Crippen molar-refractivity contribution >= 4 is 5.97 Å². The standard InChI is InChI=1S/C8H20NO.C8H16O2/c1-5-9(3,6-2)7-8-10-4;1-2-3-4-5-6-7-8(9)10/h5-8H2,1-4H3;2-7H2,1H3,(H,9,10)/q+1;/p-1. The van der Waals surface area contributed by atoms with Crippen LogP contribution in [0, 0.1) is 0 Å². The number of ether oxygens (including phenoxy) is 1. The molecule has 20 heavy (non-hydrogen) atoms. The first-order valence-corrected chi connectivity index (χ1v) is 7.98. The van der Waals surface area contributed by atoms with Crippen molar-refractivity contribution in [2.45, 2.75) is 59.3 Å². The Morgan fingerprint density at radius 2 is 1.60 bits per heavy atom. The van der Waals surface area contributed by atoms with Crippen LogP contribution in [0.3, 0.4) is 0 Å². The van der Waals surface area contributed by atoms with Crippen molar-refractivity contribution in [3.05, 3.63) is 0 Å². The summed E-state index contributed by atoms with van der Waals surface area (Å²) in [6, 6.07) is 0. The molecule has 0 bridgehead atoms. The quantitative estimate of drug-likeness (QED) is 0.433. The molecule has 0 aromatic rings. The lowest BCUT2D eigenvalue weighted by molar-refractivity contribution is -0.906. The molecule has 0 amide bonds. The van der Waals surface area contributed by atoms with Crippen molar-refractivity contribution in [2.75, 3.05) is 40.4 Å². The van der Waals surface area contributed by atoms with Gasteiger partial charge < -0.3 is 19.1 Å². The van der Waals surface area contributed by atoms with E-state index in [4.69, 9.17) is 4.74 Å². The summed E-state index contributed by atoms with van der Waals surface area (Å²) in [6.07, 6.45) is 5.61. The molecule has 0 N–H and O–H groups in total. The normalized spacial score (nSPS) is 10.8. The molecule has 0 aliphatic heterocycles. The highest BCUT2D eigenvalue weighted by Crippen LogP contribution is 2.03. The summed E-state index contributed by atoms with van der Waals surface area (Å²) in [5.74, 6) is -0.920. The molecule has 0 aromatic carbocycles. The highest BCUT2D eigenvalue weighted by molar-refractivity contribution is 5.63. The van der Waals surface area contributed by atoms with E-state index in [0.717, 1.165) is 36.9 Å². The van der Waals surface area contributed by atoms with E-state index in [9.17, 15) is 9.90 Å². The summed E-state index contributed by atoms with van der Waals surface area (Å²) in [7, 11) is 4.02. The van der Waals surface area contributed by atoms with Gasteiger partial charge in [-0.3, -0.25) is 0 Å². The molecule has 0 aliphatic carbocycles. The molecular formula is C16H35NO3. The van der Waals surface area contributed by atoms with Crippen LogP contribution in [0.4, 0.5) is 0 Å². The summed E-state index contributed by atoms with van der Waals surface area (Å²) in [5, 5.41) is 9.92. The average Bonchev–Trinajstić information content (AvgIpc) is 2.45. The number of carbonyl (C=O) groups is 1. The van der Waals surface area contributed by atoms with E-state index in [1.165, 1.54) is 25.9 Å². The first kappa shape index (κ1) is 21.7. The molecule has 4 heteroatoms. The zero-order valence-electron chi connectivity index (χ0n) is 14.2. The molecule has 0 saturated carbocycles. The first-order chi connectivity index (χ1) is 9.45. The van der Waals surface area contributed by atoms with E-state index in [2.05, 4.69) is 27.8 Å². The molecule has 0 aromatic heterocycles. The maximum atomic E-state index is 9.92. The fraction of sp³-hybridized carbons (Fsp3) is 0.938. The van der Waals surface area contributed by atoms with Gasteiger partial charge in [-0.1, -0.05) is 32.6 Å². The number of carbonyl (C=O) groups excluding carboxylic acids is 1. The molecule has 0 unspecified atom stereocenters. The van der Waals surface area contributed by atoms with E-state index < -0.39 is 5.97 Å². The maximum Gasteiger partial charge on any atom is 0.102 e. The Labute approximate surface area is 125 Å². The third-order valence-corrected chi connectivity index (χ3v) is 3.85. The molecular weight excluding hydrogens is 254 g/mol. The fourth-order valence-corrected chi connectivity index (χ4v) is 1.72. The second-order valence-electron chi connectivity index (χ2n) is 5.50. The van der Waals surface area contributed by atoms with Gasteiger partial charge in [-0.05, 0) is 26.7 Å². The van der Waals surface area contributed by atoms with Crippen LogP contribution in [0.1, 0.15) is 59.3 Å². The Balaban J connectivity index is 0. The van der Waals surface area contributed by atoms with Gasteiger partial charge >= 0.3 is 0 Å². The summed E-state index contributed by atoms with van der Waals surface area (Å²) in [4.78, 5) is 9.92. The number of methoxy groups -OCH3 is 1. The predicted molar refractivity (Wildman–Crippen MR) is 82.4 cm³/mol. The molecule has 0 radical (unpaired) electrons. The zero-order valence-corrected chi connectivity index (χ0v) is 14.2. The molecule has 0 aliphatic rings. The van der Waals surface area contributed by atoms with Crippen LogP contribution in [0.5, 0.6) is 0 Å². The van der Waals surface area contributed by atoms with Crippen LogP contribution < -0.4 is 5.11 Å². The van der Waals surface area contributed by atoms with Crippen molar-refractivity contribution in [1.82, 2.24) is 0 Å². The smallest absolute Gasteiger partial charge is 0.102 e. The van der Waals surface area contributed by atoms with E-state index in [-0.39, 0.29) is 6.42 Å². The summed E-state index contributed by atoms with van der Waals surface area (Å²) < 4.78 is 6.14. The van der Waals surface area contributed by atoms with Gasteiger partial charge in [-0.2, -0.15) is 0 Å². The molecule has 4 nitrogen and oxygen atoms in total. The van der Waals surface area contributed by atoms with Crippen molar-refractivity contribution in [3.8, 4) is 0 Å². The van der Waals surface area contributed by atoms with Crippen LogP contribution in [-0.2, 0) is 9.53 Å². The van der Waals surface area contributed by atoms with E-state index in [1.54, 1.807) is 7.11 Å². The molecule has 122 valence electrons. The third kappa shape index (κ3) is 15.4. The molecule has 0 rings (SSSR count). The first-order valence-electron chi connectivity index (χ1n) is 7.98. The van der Waals surface area contributed by atoms with Crippen LogP contribution in [0.15, 0.2) is 0 Å². The van der Waals surface area contributed by atoms with Gasteiger partial charge in [0.2, 0.25) is 0 Å². The monoisotopic (exact) mass is 289 g/mol. The minimum absolute atomic E-state index is 0.226. The molecule has 0 heterocycles. The largest absolute Gasteiger partial charge is 0.550 e. The number of unbranched alkanes of at least 4 members (excludes halogenated alkanes) is 4. The van der Waals surface area contributed by atoms with Crippen LogP contribution in [0.25, 0.3) is 0 Å². The minimum atomic E-state index is -0.920. The van der Waals surface area contributed by atoms with Gasteiger partial charge in [0.25, 0.3) is 0 Å². The Hall–Kier alpha value is -0.610. The Morgan fingerprint density at radius 3 is 2.00 bits per heavy atom. The van der Waals surface area contributed by atoms with Gasteiger partial charge in [-0.25, -0.2) is 0 Å². The van der Waals surface area contributed by atoms with E-state index in [0.29, 0.717) is 0 Å². The Morgan fingerprint density at radius 1 is 1.05 bits per heavy atom. The maximum absolute atomic E-state index is 9.92. The predicted octanol–water partition coefficient (Wildman–Crippen LogP) is 2.22. The molecule has 0 saturated heterocycles. The number of quaternary nitrogens is 1. The zero-order chi connectivity index (χ0) is 15.9. The number of carboxylic acid groups (broad SMARTS) is 1. The van der Waals surface area contributed by atoms with Gasteiger partial charge in [0.1, 0.15) is 6.54 Å². The Bertz CT molecular complexity index is 216. The van der Waals surface area contributed by atoms with E-state index >= 15 is 0 Å². The van der Waals surface area contributed by atoms with Gasteiger partial charge in [0.05, 0.1) is 26.7 Å². The highest BCUT2D eigenvalue weighted by Gasteiger charge is 2.14. The number of nitrogens with zero attached hydrogens (tertiary/aromatic N) is 1. The number of rotatable bonds is 11. The second-order valence-corrected chi connectivity index (χ2v) is 5.50. The van der Waals surface area contributed by atoms with Crippen LogP contribution in [0.2, 0.25) is 0 Å². The van der Waals surface area contributed by atoms with Gasteiger partial charge in [0.15, 0.2) is 0 Å². The second kappa shape index (κ2) is 14.8. The van der Waals surface area contributed by atoms with Crippen LogP contribution in [-0.4, -0.2) is 50.9 Å². The summed E-state index contributed by atoms with van der Waals surface area (Å²) in [6.45, 7) is 11.0. The van der Waals surface area contributed by atoms with Gasteiger partial charge in [0, 0.05) is 13.1 Å². The average molecular weight is 289 g/mol. The molecule has 0 atom stereocenters. The number of likely N-dealkylation sites (N-methyl/N-ethyl adjacent to an activating group) is 1. The fourth-order valence-electron chi connectivity index (χ4n) is 1.72. The summed E-state index contributed by atoms with van der Waals surface area (Å²) in [5.41, 5.74) is 0. The van der Waals surface area contributed by atoms with Crippen molar-refractivity contribution in [3.63, 3.8) is 0 Å². The lowest BCUT2D eigenvalue weighted by Crippen LogP contribution is -2.45. The Kier molecular flexibility index (Phi) is 16.0. The molecule has 0 spiro atoms. The number of carboxylic acids is 1. The lowest BCUT2D eigenvalue weighted by Gasteiger charge is -2.31. The highest BCUT2D eigenvalue weighted by atomic mass is 16.5. The van der Waals surface area contributed by atoms with Crippen molar-refractivity contribution in [2.24, 2.45) is 0 Å². The van der Waals surface area contributed by atoms with Crippen molar-refractivity contribution < 1.29 is 19.1 Å².